The molecule has 0 aromatic heterocycles. The SMILES string of the molecule is Clc1ccc(-c2cccc3c2-c2ccccc2C32c3ccccc3-c3cccc4cccc2c34)cc1. The molecule has 0 aliphatic heterocycles. The van der Waals surface area contributed by atoms with E-state index in [1.54, 1.807) is 0 Å². The molecule has 0 saturated carbocycles. The zero-order chi connectivity index (χ0) is 23.9. The van der Waals surface area contributed by atoms with Gasteiger partial charge in [-0.2, -0.15) is 0 Å². The fraction of sp³-hybridized carbons (Fsp3) is 0.0286. The fourth-order valence-corrected chi connectivity index (χ4v) is 6.97. The van der Waals surface area contributed by atoms with Gasteiger partial charge in [-0.05, 0) is 78.5 Å². The highest BCUT2D eigenvalue weighted by Crippen LogP contribution is 2.62. The predicted octanol–water partition coefficient (Wildman–Crippen LogP) is 9.50. The number of fused-ring (bicyclic) bond motifs is 9. The Morgan fingerprint density at radius 2 is 0.972 bits per heavy atom. The van der Waals surface area contributed by atoms with E-state index in [-0.39, 0.29) is 5.41 Å². The molecule has 0 heterocycles. The van der Waals surface area contributed by atoms with Crippen molar-refractivity contribution in [1.82, 2.24) is 0 Å². The molecule has 168 valence electrons. The summed E-state index contributed by atoms with van der Waals surface area (Å²) in [5.74, 6) is 0. The van der Waals surface area contributed by atoms with Crippen molar-refractivity contribution in [1.29, 1.82) is 0 Å². The summed E-state index contributed by atoms with van der Waals surface area (Å²) in [4.78, 5) is 0. The van der Waals surface area contributed by atoms with E-state index in [0.717, 1.165) is 5.02 Å². The summed E-state index contributed by atoms with van der Waals surface area (Å²) in [6, 6.07) is 46.6. The van der Waals surface area contributed by atoms with Gasteiger partial charge in [0.25, 0.3) is 0 Å². The Kier molecular flexibility index (Phi) is 4.02. The van der Waals surface area contributed by atoms with Gasteiger partial charge >= 0.3 is 0 Å². The zero-order valence-electron chi connectivity index (χ0n) is 19.5. The smallest absolute Gasteiger partial charge is 0.0725 e. The van der Waals surface area contributed by atoms with Gasteiger partial charge in [-0.15, -0.1) is 0 Å². The molecular weight excluding hydrogens is 456 g/mol. The number of halogens is 1. The summed E-state index contributed by atoms with van der Waals surface area (Å²) in [5.41, 5.74) is 12.8. The minimum absolute atomic E-state index is 0.376. The molecule has 1 unspecified atom stereocenters. The first kappa shape index (κ1) is 20.1. The molecule has 2 aliphatic rings. The molecule has 0 nitrogen and oxygen atoms in total. The van der Waals surface area contributed by atoms with E-state index in [0.29, 0.717) is 0 Å². The van der Waals surface area contributed by atoms with Crippen LogP contribution in [-0.4, -0.2) is 0 Å². The molecule has 0 saturated heterocycles. The lowest BCUT2D eigenvalue weighted by Gasteiger charge is -2.40. The summed E-state index contributed by atoms with van der Waals surface area (Å²) < 4.78 is 0. The van der Waals surface area contributed by atoms with Crippen molar-refractivity contribution in [2.75, 3.05) is 0 Å². The zero-order valence-corrected chi connectivity index (χ0v) is 20.3. The van der Waals surface area contributed by atoms with Crippen molar-refractivity contribution >= 4 is 22.4 Å². The Hall–Kier alpha value is -4.13. The van der Waals surface area contributed by atoms with Crippen LogP contribution in [0.1, 0.15) is 22.3 Å². The summed E-state index contributed by atoms with van der Waals surface area (Å²) >= 11 is 6.26. The van der Waals surface area contributed by atoms with Crippen LogP contribution in [0.2, 0.25) is 5.02 Å². The van der Waals surface area contributed by atoms with E-state index in [2.05, 4.69) is 115 Å². The quantitative estimate of drug-likeness (QED) is 0.221. The first-order valence-electron chi connectivity index (χ1n) is 12.4. The van der Waals surface area contributed by atoms with E-state index in [1.165, 1.54) is 66.4 Å². The van der Waals surface area contributed by atoms with Crippen LogP contribution in [0.3, 0.4) is 0 Å². The van der Waals surface area contributed by atoms with Crippen LogP contribution in [0.5, 0.6) is 0 Å². The molecule has 0 bridgehead atoms. The monoisotopic (exact) mass is 476 g/mol. The Bertz CT molecular complexity index is 1840. The molecule has 0 radical (unpaired) electrons. The molecular formula is C35H21Cl. The van der Waals surface area contributed by atoms with Crippen LogP contribution in [0.25, 0.3) is 44.2 Å². The van der Waals surface area contributed by atoms with Crippen molar-refractivity contribution < 1.29 is 0 Å². The Morgan fingerprint density at radius 3 is 1.78 bits per heavy atom. The second kappa shape index (κ2) is 7.20. The highest BCUT2D eigenvalue weighted by Gasteiger charge is 2.50. The highest BCUT2D eigenvalue weighted by atomic mass is 35.5. The van der Waals surface area contributed by atoms with Gasteiger partial charge in [0.15, 0.2) is 0 Å². The Labute approximate surface area is 215 Å². The largest absolute Gasteiger partial charge is 0.0843 e. The summed E-state index contributed by atoms with van der Waals surface area (Å²) in [6.45, 7) is 0. The molecule has 6 aromatic carbocycles. The van der Waals surface area contributed by atoms with Crippen LogP contribution in [0.4, 0.5) is 0 Å². The van der Waals surface area contributed by atoms with E-state index in [4.69, 9.17) is 11.6 Å². The number of hydrogen-bond donors (Lipinski definition) is 0. The minimum atomic E-state index is -0.376. The van der Waals surface area contributed by atoms with Gasteiger partial charge in [-0.1, -0.05) is 127 Å². The van der Waals surface area contributed by atoms with E-state index in [9.17, 15) is 0 Å². The molecule has 6 aromatic rings. The normalized spacial score (nSPS) is 16.6. The Balaban J connectivity index is 1.60. The summed E-state index contributed by atoms with van der Waals surface area (Å²) in [7, 11) is 0. The number of hydrogen-bond acceptors (Lipinski definition) is 0. The average molecular weight is 477 g/mol. The van der Waals surface area contributed by atoms with Gasteiger partial charge in [0.05, 0.1) is 5.41 Å². The average Bonchev–Trinajstić information content (AvgIpc) is 3.23. The van der Waals surface area contributed by atoms with Gasteiger partial charge in [0.1, 0.15) is 0 Å². The van der Waals surface area contributed by atoms with Crippen molar-refractivity contribution in [2.45, 2.75) is 5.41 Å². The van der Waals surface area contributed by atoms with Crippen LogP contribution < -0.4 is 0 Å². The molecule has 36 heavy (non-hydrogen) atoms. The first-order valence-corrected chi connectivity index (χ1v) is 12.8. The topological polar surface area (TPSA) is 0 Å². The maximum atomic E-state index is 6.26. The molecule has 0 fully saturated rings. The van der Waals surface area contributed by atoms with Gasteiger partial charge < -0.3 is 0 Å². The molecule has 1 heteroatoms. The van der Waals surface area contributed by atoms with Crippen molar-refractivity contribution in [2.24, 2.45) is 0 Å². The lowest BCUT2D eigenvalue weighted by atomic mass is 9.61. The van der Waals surface area contributed by atoms with E-state index < -0.39 is 0 Å². The van der Waals surface area contributed by atoms with Crippen LogP contribution in [0, 0.1) is 0 Å². The molecule has 0 amide bonds. The molecule has 8 rings (SSSR count). The van der Waals surface area contributed by atoms with Crippen LogP contribution >= 0.6 is 11.6 Å². The lowest BCUT2D eigenvalue weighted by Crippen LogP contribution is -2.31. The van der Waals surface area contributed by atoms with Crippen LogP contribution in [0.15, 0.2) is 127 Å². The molecule has 1 spiro atoms. The maximum absolute atomic E-state index is 6.26. The first-order chi connectivity index (χ1) is 17.8. The summed E-state index contributed by atoms with van der Waals surface area (Å²) in [5, 5.41) is 3.41. The Morgan fingerprint density at radius 1 is 0.417 bits per heavy atom. The third-order valence-electron chi connectivity index (χ3n) is 8.15. The van der Waals surface area contributed by atoms with Crippen molar-refractivity contribution in [3.05, 3.63) is 155 Å². The maximum Gasteiger partial charge on any atom is 0.0725 e. The third-order valence-corrected chi connectivity index (χ3v) is 8.41. The molecule has 2 aliphatic carbocycles. The van der Waals surface area contributed by atoms with E-state index >= 15 is 0 Å². The molecule has 0 N–H and O–H groups in total. The second-order valence-corrected chi connectivity index (χ2v) is 10.2. The standard InChI is InChI=1S/C35H21Cl/c36-24-20-18-22(19-21-24)25-12-7-17-32-34(25)28-11-2-4-15-30(28)35(32)29-14-3-1-10-26(29)27-13-5-8-23-9-6-16-31(35)33(23)27/h1-21H. The van der Waals surface area contributed by atoms with Gasteiger partial charge in [0, 0.05) is 5.02 Å². The van der Waals surface area contributed by atoms with Gasteiger partial charge in [0.2, 0.25) is 0 Å². The van der Waals surface area contributed by atoms with Crippen LogP contribution in [-0.2, 0) is 5.41 Å². The highest BCUT2D eigenvalue weighted by molar-refractivity contribution is 6.30. The number of rotatable bonds is 1. The molecule has 1 atom stereocenters. The van der Waals surface area contributed by atoms with Crippen molar-refractivity contribution in [3.63, 3.8) is 0 Å². The van der Waals surface area contributed by atoms with Gasteiger partial charge in [-0.3, -0.25) is 0 Å². The van der Waals surface area contributed by atoms with Gasteiger partial charge in [-0.25, -0.2) is 0 Å². The minimum Gasteiger partial charge on any atom is -0.0843 e. The summed E-state index contributed by atoms with van der Waals surface area (Å²) in [6.07, 6.45) is 0. The van der Waals surface area contributed by atoms with Crippen molar-refractivity contribution in [3.8, 4) is 33.4 Å². The lowest BCUT2D eigenvalue weighted by molar-refractivity contribution is 0.773. The second-order valence-electron chi connectivity index (χ2n) is 9.79. The number of benzene rings is 6. The fourth-order valence-electron chi connectivity index (χ4n) is 6.85. The predicted molar refractivity (Wildman–Crippen MR) is 151 cm³/mol. The van der Waals surface area contributed by atoms with E-state index in [1.807, 2.05) is 12.1 Å². The third kappa shape index (κ3) is 2.40.